The van der Waals surface area contributed by atoms with Gasteiger partial charge in [0.05, 0.1) is 6.04 Å². The Kier molecular flexibility index (Phi) is 4.39. The molecule has 7 heteroatoms. The molecule has 1 N–H and O–H groups in total. The highest BCUT2D eigenvalue weighted by atomic mass is 32.2. The molecule has 1 aliphatic heterocycles. The molecule has 1 amide bonds. The first-order chi connectivity index (χ1) is 9.43. The highest BCUT2D eigenvalue weighted by molar-refractivity contribution is 7.90. The molecule has 20 heavy (non-hydrogen) atoms. The van der Waals surface area contributed by atoms with Crippen LogP contribution in [0.15, 0.2) is 24.3 Å². The molecule has 1 aromatic rings. The van der Waals surface area contributed by atoms with Crippen LogP contribution in [0.25, 0.3) is 0 Å². The van der Waals surface area contributed by atoms with E-state index in [-0.39, 0.29) is 11.9 Å². The van der Waals surface area contributed by atoms with E-state index in [1.54, 1.807) is 12.1 Å². The number of amides is 1. The van der Waals surface area contributed by atoms with Gasteiger partial charge in [0.1, 0.15) is 11.6 Å². The van der Waals surface area contributed by atoms with E-state index in [9.17, 15) is 17.6 Å². The lowest BCUT2D eigenvalue weighted by molar-refractivity contribution is -0.129. The van der Waals surface area contributed by atoms with Gasteiger partial charge >= 0.3 is 0 Å². The molecule has 0 spiro atoms. The first-order valence-electron chi connectivity index (χ1n) is 6.39. The van der Waals surface area contributed by atoms with E-state index in [1.165, 1.54) is 24.1 Å². The maximum absolute atomic E-state index is 13.3. The number of benzene rings is 1. The van der Waals surface area contributed by atoms with Crippen molar-refractivity contribution < 1.29 is 17.6 Å². The van der Waals surface area contributed by atoms with Gasteiger partial charge in [-0.2, -0.15) is 0 Å². The molecule has 0 aliphatic carbocycles. The van der Waals surface area contributed by atoms with Crippen molar-refractivity contribution >= 4 is 15.9 Å². The summed E-state index contributed by atoms with van der Waals surface area (Å²) in [6.07, 6.45) is 1.50. The lowest BCUT2D eigenvalue weighted by atomic mass is 10.0. The topological polar surface area (TPSA) is 66.5 Å². The number of likely N-dealkylation sites (tertiary alicyclic amines) is 1. The average Bonchev–Trinajstić information content (AvgIpc) is 2.87. The summed E-state index contributed by atoms with van der Waals surface area (Å²) in [5.41, 5.74) is 0.706. The van der Waals surface area contributed by atoms with Crippen LogP contribution in [-0.2, 0) is 14.8 Å². The van der Waals surface area contributed by atoms with Crippen LogP contribution in [0, 0.1) is 5.82 Å². The smallest absolute Gasteiger partial charge is 0.239 e. The minimum Gasteiger partial charge on any atom is -0.335 e. The van der Waals surface area contributed by atoms with Gasteiger partial charge in [-0.1, -0.05) is 12.1 Å². The monoisotopic (exact) mass is 300 g/mol. The lowest BCUT2D eigenvalue weighted by Gasteiger charge is -2.25. The van der Waals surface area contributed by atoms with Crippen molar-refractivity contribution in [3.63, 3.8) is 0 Å². The van der Waals surface area contributed by atoms with Crippen LogP contribution >= 0.6 is 0 Å². The zero-order valence-electron chi connectivity index (χ0n) is 11.2. The van der Waals surface area contributed by atoms with Crippen molar-refractivity contribution in [2.24, 2.45) is 0 Å². The van der Waals surface area contributed by atoms with E-state index >= 15 is 0 Å². The van der Waals surface area contributed by atoms with E-state index in [2.05, 4.69) is 4.72 Å². The van der Waals surface area contributed by atoms with Crippen LogP contribution in [0.2, 0.25) is 0 Å². The van der Waals surface area contributed by atoms with Crippen molar-refractivity contribution in [2.75, 3.05) is 19.3 Å². The number of sulfonamides is 1. The van der Waals surface area contributed by atoms with E-state index < -0.39 is 21.7 Å². The van der Waals surface area contributed by atoms with Crippen LogP contribution in [0.5, 0.6) is 0 Å². The summed E-state index contributed by atoms with van der Waals surface area (Å²) < 4.78 is 38.3. The van der Waals surface area contributed by atoms with Crippen molar-refractivity contribution in [3.05, 3.63) is 35.6 Å². The van der Waals surface area contributed by atoms with Crippen LogP contribution in [0.1, 0.15) is 24.4 Å². The Morgan fingerprint density at radius 2 is 2.25 bits per heavy atom. The second kappa shape index (κ2) is 5.88. The van der Waals surface area contributed by atoms with Crippen molar-refractivity contribution in [3.8, 4) is 0 Å². The number of carbonyl (C=O) groups excluding carboxylic acids is 1. The molecule has 5 nitrogen and oxygen atoms in total. The molecular formula is C13H17FN2O3S. The quantitative estimate of drug-likeness (QED) is 0.903. The molecule has 1 aromatic carbocycles. The largest absolute Gasteiger partial charge is 0.335 e. The molecule has 0 unspecified atom stereocenters. The van der Waals surface area contributed by atoms with E-state index in [4.69, 9.17) is 0 Å². The predicted molar refractivity (Wildman–Crippen MR) is 72.9 cm³/mol. The highest BCUT2D eigenvalue weighted by Gasteiger charge is 2.32. The fraction of sp³-hybridized carbons (Fsp3) is 0.462. The Hall–Kier alpha value is -1.47. The van der Waals surface area contributed by atoms with Crippen LogP contribution in [-0.4, -0.2) is 38.6 Å². The van der Waals surface area contributed by atoms with Crippen LogP contribution in [0.4, 0.5) is 4.39 Å². The van der Waals surface area contributed by atoms with Crippen LogP contribution < -0.4 is 4.72 Å². The summed E-state index contributed by atoms with van der Waals surface area (Å²) in [4.78, 5) is 13.6. The van der Waals surface area contributed by atoms with Gasteiger partial charge in [0.15, 0.2) is 0 Å². The molecule has 1 atom stereocenters. The van der Waals surface area contributed by atoms with E-state index in [0.717, 1.165) is 12.8 Å². The normalized spacial score (nSPS) is 19.3. The summed E-state index contributed by atoms with van der Waals surface area (Å²) in [5.74, 6) is -1.38. The minimum absolute atomic E-state index is 0.245. The molecule has 0 saturated carbocycles. The maximum Gasteiger partial charge on any atom is 0.239 e. The van der Waals surface area contributed by atoms with E-state index in [1.807, 2.05) is 0 Å². The number of hydrogen-bond donors (Lipinski definition) is 1. The fourth-order valence-corrected chi connectivity index (χ4v) is 3.08. The highest BCUT2D eigenvalue weighted by Crippen LogP contribution is 2.32. The number of hydrogen-bond acceptors (Lipinski definition) is 3. The standard InChI is InChI=1S/C13H17FN2O3S/c1-15-20(18,19)9-13(17)16-7-3-6-12(16)10-4-2-5-11(14)8-10/h2,4-5,8,12,15H,3,6-7,9H2,1H3/t12-/m0/s1. The molecule has 0 radical (unpaired) electrons. The first-order valence-corrected chi connectivity index (χ1v) is 8.04. The molecule has 1 heterocycles. The number of rotatable bonds is 4. The molecule has 2 rings (SSSR count). The summed E-state index contributed by atoms with van der Waals surface area (Å²) >= 11 is 0. The van der Waals surface area contributed by atoms with Crippen molar-refractivity contribution in [1.82, 2.24) is 9.62 Å². The first kappa shape index (κ1) is 14.9. The molecule has 1 aliphatic rings. The molecular weight excluding hydrogens is 283 g/mol. The molecule has 110 valence electrons. The predicted octanol–water partition coefficient (Wildman–Crippen LogP) is 1.04. The van der Waals surface area contributed by atoms with Crippen LogP contribution in [0.3, 0.4) is 0 Å². The van der Waals surface area contributed by atoms with Gasteiger partial charge in [-0.15, -0.1) is 0 Å². The summed E-state index contributed by atoms with van der Waals surface area (Å²) in [7, 11) is -2.31. The third-order valence-corrected chi connectivity index (χ3v) is 4.68. The summed E-state index contributed by atoms with van der Waals surface area (Å²) in [6.45, 7) is 0.499. The summed E-state index contributed by atoms with van der Waals surface area (Å²) in [6, 6.07) is 5.84. The number of carbonyl (C=O) groups is 1. The van der Waals surface area contributed by atoms with Crippen molar-refractivity contribution in [2.45, 2.75) is 18.9 Å². The van der Waals surface area contributed by atoms with Gasteiger partial charge in [-0.25, -0.2) is 17.5 Å². The SMILES string of the molecule is CNS(=O)(=O)CC(=O)N1CCC[C@H]1c1cccc(F)c1. The Morgan fingerprint density at radius 3 is 2.90 bits per heavy atom. The second-order valence-electron chi connectivity index (χ2n) is 4.76. The van der Waals surface area contributed by atoms with Gasteiger partial charge in [0, 0.05) is 6.54 Å². The number of halogens is 1. The third kappa shape index (κ3) is 3.34. The van der Waals surface area contributed by atoms with Gasteiger partial charge in [-0.05, 0) is 37.6 Å². The molecule has 1 saturated heterocycles. The zero-order chi connectivity index (χ0) is 14.8. The Bertz CT molecular complexity index is 603. The number of nitrogens with one attached hydrogen (secondary N) is 1. The van der Waals surface area contributed by atoms with E-state index in [0.29, 0.717) is 12.1 Å². The van der Waals surface area contributed by atoms with Gasteiger partial charge in [0.2, 0.25) is 15.9 Å². The molecule has 0 bridgehead atoms. The second-order valence-corrected chi connectivity index (χ2v) is 6.69. The Morgan fingerprint density at radius 1 is 1.50 bits per heavy atom. The zero-order valence-corrected chi connectivity index (χ0v) is 12.0. The van der Waals surface area contributed by atoms with Crippen molar-refractivity contribution in [1.29, 1.82) is 0 Å². The Balaban J connectivity index is 2.17. The van der Waals surface area contributed by atoms with Gasteiger partial charge < -0.3 is 4.90 Å². The average molecular weight is 300 g/mol. The molecule has 0 aromatic heterocycles. The lowest BCUT2D eigenvalue weighted by Crippen LogP contribution is -2.38. The number of nitrogens with zero attached hydrogens (tertiary/aromatic N) is 1. The minimum atomic E-state index is -3.59. The van der Waals surface area contributed by atoms with Gasteiger partial charge in [-0.3, -0.25) is 4.79 Å². The Labute approximate surface area is 117 Å². The summed E-state index contributed by atoms with van der Waals surface area (Å²) in [5, 5.41) is 0. The van der Waals surface area contributed by atoms with Gasteiger partial charge in [0.25, 0.3) is 0 Å². The maximum atomic E-state index is 13.3. The molecule has 1 fully saturated rings. The third-order valence-electron chi connectivity index (χ3n) is 3.43. The fourth-order valence-electron chi connectivity index (χ4n) is 2.44.